The molecule has 0 radical (unpaired) electrons. The van der Waals surface area contributed by atoms with Crippen LogP contribution in [0.4, 0.5) is 0 Å². The van der Waals surface area contributed by atoms with E-state index in [1.165, 1.54) is 0 Å². The van der Waals surface area contributed by atoms with Gasteiger partial charge in [-0.05, 0) is 31.5 Å². The highest BCUT2D eigenvalue weighted by molar-refractivity contribution is 5.48. The molecule has 1 rings (SSSR count). The normalized spacial score (nSPS) is 12.1. The van der Waals surface area contributed by atoms with Crippen molar-refractivity contribution in [2.75, 3.05) is 6.61 Å². The van der Waals surface area contributed by atoms with E-state index in [-0.39, 0.29) is 6.29 Å². The van der Waals surface area contributed by atoms with Crippen molar-refractivity contribution in [2.24, 2.45) is 0 Å². The number of hydrogen-bond donors (Lipinski definition) is 0. The van der Waals surface area contributed by atoms with Gasteiger partial charge in [0.15, 0.2) is 6.29 Å². The van der Waals surface area contributed by atoms with Gasteiger partial charge in [0.2, 0.25) is 0 Å². The zero-order valence-electron chi connectivity index (χ0n) is 8.69. The Labute approximate surface area is 85.2 Å². The Kier molecular flexibility index (Phi) is 4.20. The fourth-order valence-corrected chi connectivity index (χ4v) is 1.14. The van der Waals surface area contributed by atoms with Gasteiger partial charge in [-0.3, -0.25) is 0 Å². The third-order valence-corrected chi connectivity index (χ3v) is 1.82. The Hall–Kier alpha value is -1.28. The standard InChI is InChI=1S/C12H16O2/c1-4-11-6-8-12(9-7-11)14-10(3)13-5-2/h4,6-10H,1,5H2,2-3H3/t10-/m0/s1. The summed E-state index contributed by atoms with van der Waals surface area (Å²) in [4.78, 5) is 0. The molecule has 0 saturated carbocycles. The molecular weight excluding hydrogens is 176 g/mol. The van der Waals surface area contributed by atoms with E-state index in [2.05, 4.69) is 6.58 Å². The van der Waals surface area contributed by atoms with Gasteiger partial charge < -0.3 is 9.47 Å². The van der Waals surface area contributed by atoms with E-state index in [1.807, 2.05) is 38.1 Å². The molecule has 0 aliphatic carbocycles. The largest absolute Gasteiger partial charge is 0.465 e. The van der Waals surface area contributed by atoms with Crippen LogP contribution in [-0.2, 0) is 4.74 Å². The summed E-state index contributed by atoms with van der Waals surface area (Å²) in [6.45, 7) is 8.17. The second-order valence-electron chi connectivity index (χ2n) is 2.91. The molecule has 0 bridgehead atoms. The van der Waals surface area contributed by atoms with Crippen molar-refractivity contribution in [3.8, 4) is 5.75 Å². The summed E-state index contributed by atoms with van der Waals surface area (Å²) in [6, 6.07) is 7.74. The summed E-state index contributed by atoms with van der Waals surface area (Å²) in [7, 11) is 0. The van der Waals surface area contributed by atoms with Crippen LogP contribution in [0, 0.1) is 0 Å². The van der Waals surface area contributed by atoms with Crippen LogP contribution in [0.3, 0.4) is 0 Å². The first-order valence-electron chi connectivity index (χ1n) is 4.77. The van der Waals surface area contributed by atoms with Gasteiger partial charge in [-0.15, -0.1) is 0 Å². The second kappa shape index (κ2) is 5.45. The maximum absolute atomic E-state index is 5.50. The van der Waals surface area contributed by atoms with E-state index >= 15 is 0 Å². The molecule has 1 aromatic carbocycles. The molecule has 2 nitrogen and oxygen atoms in total. The molecule has 0 aliphatic rings. The van der Waals surface area contributed by atoms with Crippen LogP contribution >= 0.6 is 0 Å². The van der Waals surface area contributed by atoms with E-state index in [0.717, 1.165) is 11.3 Å². The predicted octanol–water partition coefficient (Wildman–Crippen LogP) is 3.09. The highest BCUT2D eigenvalue weighted by atomic mass is 16.7. The first kappa shape index (κ1) is 10.8. The van der Waals surface area contributed by atoms with Crippen molar-refractivity contribution in [2.45, 2.75) is 20.1 Å². The molecule has 1 aromatic rings. The Balaban J connectivity index is 2.55. The maximum atomic E-state index is 5.50. The minimum atomic E-state index is -0.199. The summed E-state index contributed by atoms with van der Waals surface area (Å²) >= 11 is 0. The molecule has 0 unspecified atom stereocenters. The van der Waals surface area contributed by atoms with Gasteiger partial charge in [0.05, 0.1) is 0 Å². The fourth-order valence-electron chi connectivity index (χ4n) is 1.14. The Morgan fingerprint density at radius 2 is 2.00 bits per heavy atom. The van der Waals surface area contributed by atoms with E-state index < -0.39 is 0 Å². The number of ether oxygens (including phenoxy) is 2. The Morgan fingerprint density at radius 3 is 2.50 bits per heavy atom. The average molecular weight is 192 g/mol. The Bertz CT molecular complexity index is 277. The lowest BCUT2D eigenvalue weighted by Gasteiger charge is -2.14. The molecule has 0 spiro atoms. The van der Waals surface area contributed by atoms with Crippen molar-refractivity contribution in [3.05, 3.63) is 36.4 Å². The lowest BCUT2D eigenvalue weighted by Crippen LogP contribution is -2.15. The van der Waals surface area contributed by atoms with Gasteiger partial charge >= 0.3 is 0 Å². The van der Waals surface area contributed by atoms with Crippen LogP contribution in [0.5, 0.6) is 5.75 Å². The van der Waals surface area contributed by atoms with Crippen LogP contribution in [0.2, 0.25) is 0 Å². The summed E-state index contributed by atoms with van der Waals surface area (Å²) in [5.41, 5.74) is 1.08. The minimum absolute atomic E-state index is 0.199. The summed E-state index contributed by atoms with van der Waals surface area (Å²) in [5, 5.41) is 0. The van der Waals surface area contributed by atoms with Crippen LogP contribution < -0.4 is 4.74 Å². The molecular formula is C12H16O2. The second-order valence-corrected chi connectivity index (χ2v) is 2.91. The van der Waals surface area contributed by atoms with Crippen molar-refractivity contribution >= 4 is 6.08 Å². The van der Waals surface area contributed by atoms with Crippen LogP contribution in [0.15, 0.2) is 30.8 Å². The van der Waals surface area contributed by atoms with E-state index in [0.29, 0.717) is 6.61 Å². The summed E-state index contributed by atoms with van der Waals surface area (Å²) in [6.07, 6.45) is 1.60. The lowest BCUT2D eigenvalue weighted by molar-refractivity contribution is -0.0613. The highest BCUT2D eigenvalue weighted by Gasteiger charge is 2.01. The van der Waals surface area contributed by atoms with E-state index in [4.69, 9.17) is 9.47 Å². The molecule has 14 heavy (non-hydrogen) atoms. The minimum Gasteiger partial charge on any atom is -0.465 e. The molecule has 0 heterocycles. The predicted molar refractivity (Wildman–Crippen MR) is 58.2 cm³/mol. The van der Waals surface area contributed by atoms with Gasteiger partial charge in [0.25, 0.3) is 0 Å². The van der Waals surface area contributed by atoms with Gasteiger partial charge in [-0.25, -0.2) is 0 Å². The summed E-state index contributed by atoms with van der Waals surface area (Å²) in [5.74, 6) is 0.816. The summed E-state index contributed by atoms with van der Waals surface area (Å²) < 4.78 is 10.8. The molecule has 2 heteroatoms. The lowest BCUT2D eigenvalue weighted by atomic mass is 10.2. The van der Waals surface area contributed by atoms with Crippen molar-refractivity contribution < 1.29 is 9.47 Å². The van der Waals surface area contributed by atoms with E-state index in [9.17, 15) is 0 Å². The van der Waals surface area contributed by atoms with Crippen LogP contribution in [-0.4, -0.2) is 12.9 Å². The quantitative estimate of drug-likeness (QED) is 0.667. The van der Waals surface area contributed by atoms with Gasteiger partial charge in [0, 0.05) is 6.61 Å². The highest BCUT2D eigenvalue weighted by Crippen LogP contribution is 2.14. The van der Waals surface area contributed by atoms with Gasteiger partial charge in [0.1, 0.15) is 5.75 Å². The smallest absolute Gasteiger partial charge is 0.196 e. The molecule has 0 amide bonds. The molecule has 0 aromatic heterocycles. The number of benzene rings is 1. The van der Waals surface area contributed by atoms with Crippen molar-refractivity contribution in [3.63, 3.8) is 0 Å². The van der Waals surface area contributed by atoms with Crippen LogP contribution in [0.25, 0.3) is 6.08 Å². The molecule has 1 atom stereocenters. The zero-order valence-corrected chi connectivity index (χ0v) is 8.69. The zero-order chi connectivity index (χ0) is 10.4. The number of hydrogen-bond acceptors (Lipinski definition) is 2. The third-order valence-electron chi connectivity index (χ3n) is 1.82. The van der Waals surface area contributed by atoms with Gasteiger partial charge in [-0.2, -0.15) is 0 Å². The molecule has 76 valence electrons. The SMILES string of the molecule is C=Cc1ccc(O[C@@H](C)OCC)cc1. The monoisotopic (exact) mass is 192 g/mol. The van der Waals surface area contributed by atoms with Crippen molar-refractivity contribution in [1.29, 1.82) is 0 Å². The molecule has 0 fully saturated rings. The Morgan fingerprint density at radius 1 is 1.36 bits per heavy atom. The van der Waals surface area contributed by atoms with E-state index in [1.54, 1.807) is 6.08 Å². The first-order valence-corrected chi connectivity index (χ1v) is 4.77. The number of rotatable bonds is 5. The molecule has 0 saturated heterocycles. The fraction of sp³-hybridized carbons (Fsp3) is 0.333. The maximum Gasteiger partial charge on any atom is 0.196 e. The third kappa shape index (κ3) is 3.23. The van der Waals surface area contributed by atoms with Crippen LogP contribution in [0.1, 0.15) is 19.4 Å². The topological polar surface area (TPSA) is 18.5 Å². The average Bonchev–Trinajstić information content (AvgIpc) is 2.19. The first-order chi connectivity index (χ1) is 6.76. The van der Waals surface area contributed by atoms with Gasteiger partial charge in [-0.1, -0.05) is 24.8 Å². The van der Waals surface area contributed by atoms with Crippen molar-refractivity contribution in [1.82, 2.24) is 0 Å². The molecule has 0 aliphatic heterocycles. The molecule has 0 N–H and O–H groups in total.